The zero-order valence-electron chi connectivity index (χ0n) is 14.1. The van der Waals surface area contributed by atoms with Crippen LogP contribution in [-0.2, 0) is 6.42 Å². The number of aliphatic hydroxyl groups is 1. The third kappa shape index (κ3) is 3.14. The highest BCUT2D eigenvalue weighted by molar-refractivity contribution is 5.90. The Hall–Kier alpha value is -2.34. The number of hydrogen-bond donors (Lipinski definition) is 2. The number of carbonyl (C=O) groups excluding carboxylic acids is 1. The highest BCUT2D eigenvalue weighted by atomic mass is 16.5. The molecule has 1 aromatic heterocycles. The van der Waals surface area contributed by atoms with Gasteiger partial charge in [-0.1, -0.05) is 29.4 Å². The molecule has 0 aliphatic heterocycles. The van der Waals surface area contributed by atoms with Crippen LogP contribution in [-0.4, -0.2) is 34.3 Å². The van der Waals surface area contributed by atoms with Crippen molar-refractivity contribution in [3.05, 3.63) is 46.8 Å². The molecule has 128 valence electrons. The third-order valence-corrected chi connectivity index (χ3v) is 4.58. The van der Waals surface area contributed by atoms with E-state index < -0.39 is 0 Å². The lowest BCUT2D eigenvalue weighted by molar-refractivity contribution is 0.155. The minimum atomic E-state index is -0.236. The summed E-state index contributed by atoms with van der Waals surface area (Å²) in [7, 11) is 0. The van der Waals surface area contributed by atoms with Crippen LogP contribution in [0, 0.1) is 13.8 Å². The number of aryl methyl sites for hydroxylation is 3. The first-order valence-electron chi connectivity index (χ1n) is 8.31. The van der Waals surface area contributed by atoms with Gasteiger partial charge in [0.25, 0.3) is 0 Å². The van der Waals surface area contributed by atoms with Crippen LogP contribution in [0.25, 0.3) is 0 Å². The molecule has 0 radical (unpaired) electrons. The lowest BCUT2D eigenvalue weighted by Crippen LogP contribution is -2.41. The first-order chi connectivity index (χ1) is 11.6. The van der Waals surface area contributed by atoms with Gasteiger partial charge in [-0.25, -0.2) is 4.79 Å². The van der Waals surface area contributed by atoms with E-state index in [9.17, 15) is 9.90 Å². The highest BCUT2D eigenvalue weighted by Crippen LogP contribution is 2.34. The predicted octanol–water partition coefficient (Wildman–Crippen LogP) is 3.20. The Kier molecular flexibility index (Phi) is 4.85. The third-order valence-electron chi connectivity index (χ3n) is 4.58. The van der Waals surface area contributed by atoms with Crippen molar-refractivity contribution in [2.45, 2.75) is 39.2 Å². The zero-order valence-corrected chi connectivity index (χ0v) is 14.1. The topological polar surface area (TPSA) is 78.6 Å². The number of amides is 2. The number of hydrogen-bond acceptors (Lipinski definition) is 4. The van der Waals surface area contributed by atoms with Gasteiger partial charge in [0.1, 0.15) is 11.4 Å². The number of anilines is 1. The predicted molar refractivity (Wildman–Crippen MR) is 90.9 cm³/mol. The number of benzene rings is 1. The molecule has 1 aliphatic rings. The van der Waals surface area contributed by atoms with E-state index in [0.717, 1.165) is 19.3 Å². The van der Waals surface area contributed by atoms with E-state index in [1.807, 2.05) is 12.1 Å². The summed E-state index contributed by atoms with van der Waals surface area (Å²) >= 11 is 0. The smallest absolute Gasteiger partial charge is 0.322 e. The van der Waals surface area contributed by atoms with Gasteiger partial charge in [-0.3, -0.25) is 0 Å². The molecule has 24 heavy (non-hydrogen) atoms. The highest BCUT2D eigenvalue weighted by Gasteiger charge is 2.29. The number of aromatic nitrogens is 1. The Morgan fingerprint density at radius 1 is 1.42 bits per heavy atom. The molecule has 2 amide bonds. The molecular formula is C18H23N3O3. The molecule has 6 heteroatoms. The minimum absolute atomic E-state index is 0.0254. The molecule has 1 heterocycles. The summed E-state index contributed by atoms with van der Waals surface area (Å²) in [6.07, 6.45) is 2.96. The van der Waals surface area contributed by atoms with Crippen molar-refractivity contribution in [1.82, 2.24) is 10.1 Å². The summed E-state index contributed by atoms with van der Waals surface area (Å²) in [4.78, 5) is 14.6. The van der Waals surface area contributed by atoms with Crippen LogP contribution in [0.15, 0.2) is 28.8 Å². The first-order valence-corrected chi connectivity index (χ1v) is 8.31. The summed E-state index contributed by atoms with van der Waals surface area (Å²) in [5.41, 5.74) is 3.70. The molecule has 0 spiro atoms. The van der Waals surface area contributed by atoms with Crippen molar-refractivity contribution in [2.75, 3.05) is 18.5 Å². The van der Waals surface area contributed by atoms with E-state index in [4.69, 9.17) is 4.52 Å². The van der Waals surface area contributed by atoms with E-state index in [1.165, 1.54) is 11.1 Å². The maximum absolute atomic E-state index is 12.8. The molecular weight excluding hydrogens is 306 g/mol. The summed E-state index contributed by atoms with van der Waals surface area (Å²) in [6, 6.07) is 7.96. The second-order valence-electron chi connectivity index (χ2n) is 6.15. The lowest BCUT2D eigenvalue weighted by Gasteiger charge is -2.35. The van der Waals surface area contributed by atoms with Crippen molar-refractivity contribution in [2.24, 2.45) is 0 Å². The normalized spacial score (nSPS) is 16.5. The van der Waals surface area contributed by atoms with Crippen LogP contribution >= 0.6 is 0 Å². The first kappa shape index (κ1) is 16.5. The van der Waals surface area contributed by atoms with Crippen LogP contribution in [0.2, 0.25) is 0 Å². The number of fused-ring (bicyclic) bond motifs is 1. The standard InChI is InChI=1S/C18H23N3O3/c1-12-17(13(2)24-20-12)19-18(23)21(10-11-22)16-9-5-7-14-6-3-4-8-15(14)16/h3-4,6,8,16,22H,5,7,9-11H2,1-2H3,(H,19,23). The summed E-state index contributed by atoms with van der Waals surface area (Å²) in [6.45, 7) is 3.77. The van der Waals surface area contributed by atoms with Gasteiger partial charge < -0.3 is 19.8 Å². The Labute approximate surface area is 141 Å². The molecule has 1 aromatic carbocycles. The van der Waals surface area contributed by atoms with Gasteiger partial charge >= 0.3 is 6.03 Å². The summed E-state index contributed by atoms with van der Waals surface area (Å²) < 4.78 is 5.10. The minimum Gasteiger partial charge on any atom is -0.395 e. The zero-order chi connectivity index (χ0) is 17.1. The van der Waals surface area contributed by atoms with Crippen LogP contribution in [0.5, 0.6) is 0 Å². The largest absolute Gasteiger partial charge is 0.395 e. The number of aliphatic hydroxyl groups excluding tert-OH is 1. The molecule has 0 fully saturated rings. The van der Waals surface area contributed by atoms with Gasteiger partial charge in [0.15, 0.2) is 5.76 Å². The Morgan fingerprint density at radius 3 is 2.92 bits per heavy atom. The number of urea groups is 1. The Morgan fingerprint density at radius 2 is 2.21 bits per heavy atom. The van der Waals surface area contributed by atoms with E-state index in [1.54, 1.807) is 18.7 Å². The van der Waals surface area contributed by atoms with Gasteiger partial charge in [-0.2, -0.15) is 0 Å². The van der Waals surface area contributed by atoms with Gasteiger partial charge in [0.05, 0.1) is 12.6 Å². The quantitative estimate of drug-likeness (QED) is 0.903. The van der Waals surface area contributed by atoms with Crippen LogP contribution in [0.1, 0.15) is 41.5 Å². The van der Waals surface area contributed by atoms with Gasteiger partial charge in [0.2, 0.25) is 0 Å². The van der Waals surface area contributed by atoms with Gasteiger partial charge in [-0.05, 0) is 44.2 Å². The fourth-order valence-electron chi connectivity index (χ4n) is 3.40. The van der Waals surface area contributed by atoms with Gasteiger partial charge in [-0.15, -0.1) is 0 Å². The second kappa shape index (κ2) is 7.05. The number of nitrogens with one attached hydrogen (secondary N) is 1. The van der Waals surface area contributed by atoms with Crippen LogP contribution < -0.4 is 5.32 Å². The SMILES string of the molecule is Cc1noc(C)c1NC(=O)N(CCO)C1CCCc2ccccc21. The fraction of sp³-hybridized carbons (Fsp3) is 0.444. The van der Waals surface area contributed by atoms with Crippen LogP contribution in [0.4, 0.5) is 10.5 Å². The lowest BCUT2D eigenvalue weighted by atomic mass is 9.87. The molecule has 1 unspecified atom stereocenters. The average molecular weight is 329 g/mol. The fourth-order valence-corrected chi connectivity index (χ4v) is 3.40. The number of nitrogens with zero attached hydrogens (tertiary/aromatic N) is 2. The maximum Gasteiger partial charge on any atom is 0.322 e. The summed E-state index contributed by atoms with van der Waals surface area (Å²) in [5.74, 6) is 0.578. The molecule has 3 rings (SSSR count). The molecule has 0 saturated carbocycles. The molecule has 1 atom stereocenters. The number of carbonyl (C=O) groups is 1. The van der Waals surface area contributed by atoms with E-state index in [2.05, 4.69) is 22.6 Å². The monoisotopic (exact) mass is 329 g/mol. The van der Waals surface area contributed by atoms with Crippen molar-refractivity contribution in [3.63, 3.8) is 0 Å². The van der Waals surface area contributed by atoms with Crippen LogP contribution in [0.3, 0.4) is 0 Å². The van der Waals surface area contributed by atoms with Crippen molar-refractivity contribution < 1.29 is 14.4 Å². The van der Waals surface area contributed by atoms with E-state index >= 15 is 0 Å². The Balaban J connectivity index is 1.86. The van der Waals surface area contributed by atoms with Crippen molar-refractivity contribution in [1.29, 1.82) is 0 Å². The van der Waals surface area contributed by atoms with Gasteiger partial charge in [0, 0.05) is 6.54 Å². The molecule has 2 aromatic rings. The number of rotatable bonds is 4. The average Bonchev–Trinajstić information content (AvgIpc) is 2.91. The molecule has 1 aliphatic carbocycles. The summed E-state index contributed by atoms with van der Waals surface area (Å²) in [5, 5.41) is 16.2. The van der Waals surface area contributed by atoms with E-state index in [0.29, 0.717) is 17.1 Å². The molecule has 0 saturated heterocycles. The van der Waals surface area contributed by atoms with Crippen molar-refractivity contribution >= 4 is 11.7 Å². The molecule has 2 N–H and O–H groups in total. The molecule has 6 nitrogen and oxygen atoms in total. The Bertz CT molecular complexity index is 707. The van der Waals surface area contributed by atoms with E-state index in [-0.39, 0.29) is 25.2 Å². The second-order valence-corrected chi connectivity index (χ2v) is 6.15. The maximum atomic E-state index is 12.8. The molecule has 0 bridgehead atoms. The van der Waals surface area contributed by atoms with Crippen molar-refractivity contribution in [3.8, 4) is 0 Å².